The lowest BCUT2D eigenvalue weighted by Crippen LogP contribution is -2.36. The number of anilines is 2. The fourth-order valence-electron chi connectivity index (χ4n) is 3.13. The van der Waals surface area contributed by atoms with Crippen molar-refractivity contribution in [3.8, 4) is 0 Å². The zero-order chi connectivity index (χ0) is 19.4. The summed E-state index contributed by atoms with van der Waals surface area (Å²) in [5, 5.41) is 5.16. The highest BCUT2D eigenvalue weighted by molar-refractivity contribution is 6.39. The van der Waals surface area contributed by atoms with Crippen molar-refractivity contribution < 1.29 is 18.8 Å². The molecular formula is C20H23N3O4. The molecule has 1 aromatic heterocycles. The smallest absolute Gasteiger partial charge is 0.313 e. The van der Waals surface area contributed by atoms with Gasteiger partial charge >= 0.3 is 11.8 Å². The molecule has 7 nitrogen and oxygen atoms in total. The molecule has 1 fully saturated rings. The number of hydrogen-bond donors (Lipinski definition) is 2. The molecule has 3 amide bonds. The van der Waals surface area contributed by atoms with E-state index in [2.05, 4.69) is 10.6 Å². The zero-order valence-corrected chi connectivity index (χ0v) is 15.5. The molecule has 1 saturated heterocycles. The highest BCUT2D eigenvalue weighted by Gasteiger charge is 2.20. The Bertz CT molecular complexity index is 872. The summed E-state index contributed by atoms with van der Waals surface area (Å²) in [6.07, 6.45) is 2.39. The molecule has 0 aliphatic carbocycles. The van der Waals surface area contributed by atoms with Crippen molar-refractivity contribution in [1.29, 1.82) is 0 Å². The summed E-state index contributed by atoms with van der Waals surface area (Å²) < 4.78 is 5.40. The quantitative estimate of drug-likeness (QED) is 0.811. The number of nitrogens with zero attached hydrogens (tertiary/aromatic N) is 1. The zero-order valence-electron chi connectivity index (χ0n) is 15.5. The lowest BCUT2D eigenvalue weighted by molar-refractivity contribution is -0.136. The van der Waals surface area contributed by atoms with E-state index in [9.17, 15) is 14.4 Å². The van der Waals surface area contributed by atoms with Gasteiger partial charge in [0.25, 0.3) is 0 Å². The number of amides is 3. The molecule has 3 rings (SSSR count). The maximum Gasteiger partial charge on any atom is 0.313 e. The van der Waals surface area contributed by atoms with Crippen molar-refractivity contribution in [3.63, 3.8) is 0 Å². The van der Waals surface area contributed by atoms with Crippen LogP contribution in [0.15, 0.2) is 34.7 Å². The van der Waals surface area contributed by atoms with Gasteiger partial charge in [-0.2, -0.15) is 0 Å². The number of furan rings is 1. The summed E-state index contributed by atoms with van der Waals surface area (Å²) in [7, 11) is 0. The molecule has 7 heteroatoms. The van der Waals surface area contributed by atoms with Crippen LogP contribution in [0.5, 0.6) is 0 Å². The van der Waals surface area contributed by atoms with Crippen LogP contribution in [0.25, 0.3) is 0 Å². The van der Waals surface area contributed by atoms with E-state index in [4.69, 9.17) is 4.42 Å². The van der Waals surface area contributed by atoms with Crippen LogP contribution >= 0.6 is 0 Å². The number of carbonyl (C=O) groups is 3. The van der Waals surface area contributed by atoms with Crippen LogP contribution in [-0.4, -0.2) is 24.3 Å². The fourth-order valence-corrected chi connectivity index (χ4v) is 3.13. The average Bonchev–Trinajstić information content (AvgIpc) is 2.97. The van der Waals surface area contributed by atoms with Gasteiger partial charge in [0.05, 0.1) is 0 Å². The first-order valence-corrected chi connectivity index (χ1v) is 8.99. The third kappa shape index (κ3) is 4.55. The molecule has 1 aromatic carbocycles. The number of benzene rings is 1. The highest BCUT2D eigenvalue weighted by Crippen LogP contribution is 2.23. The minimum Gasteiger partial charge on any atom is -0.466 e. The second-order valence-corrected chi connectivity index (χ2v) is 6.63. The molecule has 2 N–H and O–H groups in total. The van der Waals surface area contributed by atoms with Gasteiger partial charge in [0.15, 0.2) is 0 Å². The van der Waals surface area contributed by atoms with Gasteiger partial charge in [0.2, 0.25) is 5.91 Å². The maximum absolute atomic E-state index is 12.1. The van der Waals surface area contributed by atoms with Gasteiger partial charge in [-0.1, -0.05) is 6.07 Å². The third-order valence-electron chi connectivity index (χ3n) is 4.53. The summed E-state index contributed by atoms with van der Waals surface area (Å²) in [4.78, 5) is 38.0. The minimum atomic E-state index is -0.755. The van der Waals surface area contributed by atoms with E-state index in [0.717, 1.165) is 29.9 Å². The fraction of sp³-hybridized carbons (Fsp3) is 0.350. The molecule has 0 spiro atoms. The van der Waals surface area contributed by atoms with Gasteiger partial charge in [0.1, 0.15) is 11.5 Å². The first-order valence-electron chi connectivity index (χ1n) is 8.99. The van der Waals surface area contributed by atoms with Crippen molar-refractivity contribution >= 4 is 29.1 Å². The molecule has 0 unspecified atom stereocenters. The van der Waals surface area contributed by atoms with Gasteiger partial charge < -0.3 is 20.0 Å². The lowest BCUT2D eigenvalue weighted by atomic mass is 10.1. The normalized spacial score (nSPS) is 14.1. The molecular weight excluding hydrogens is 346 g/mol. The number of aryl methyl sites for hydroxylation is 2. The molecule has 0 atom stereocenters. The topological polar surface area (TPSA) is 91.7 Å². The van der Waals surface area contributed by atoms with Crippen LogP contribution in [-0.2, 0) is 20.9 Å². The largest absolute Gasteiger partial charge is 0.466 e. The predicted molar refractivity (Wildman–Crippen MR) is 101 cm³/mol. The second kappa shape index (κ2) is 8.07. The Morgan fingerprint density at radius 2 is 1.96 bits per heavy atom. The first kappa shape index (κ1) is 18.7. The number of rotatable bonds is 4. The van der Waals surface area contributed by atoms with Crippen LogP contribution in [0.2, 0.25) is 0 Å². The van der Waals surface area contributed by atoms with Crippen molar-refractivity contribution in [2.24, 2.45) is 0 Å². The van der Waals surface area contributed by atoms with E-state index in [1.54, 1.807) is 23.1 Å². The highest BCUT2D eigenvalue weighted by atomic mass is 16.3. The van der Waals surface area contributed by atoms with Crippen molar-refractivity contribution in [2.75, 3.05) is 16.8 Å². The van der Waals surface area contributed by atoms with Crippen molar-refractivity contribution in [2.45, 2.75) is 39.7 Å². The second-order valence-electron chi connectivity index (χ2n) is 6.63. The van der Waals surface area contributed by atoms with Crippen LogP contribution in [0.3, 0.4) is 0 Å². The van der Waals surface area contributed by atoms with E-state index in [1.165, 1.54) is 0 Å². The van der Waals surface area contributed by atoms with Crippen LogP contribution in [0.1, 0.15) is 36.3 Å². The average molecular weight is 369 g/mol. The Kier molecular flexibility index (Phi) is 5.59. The maximum atomic E-state index is 12.1. The molecule has 2 aromatic rings. The number of piperidine rings is 1. The molecule has 1 aliphatic heterocycles. The lowest BCUT2D eigenvalue weighted by Gasteiger charge is -2.27. The van der Waals surface area contributed by atoms with Crippen LogP contribution in [0.4, 0.5) is 11.4 Å². The number of hydrogen-bond acceptors (Lipinski definition) is 4. The Labute approximate surface area is 157 Å². The summed E-state index contributed by atoms with van der Waals surface area (Å²) in [6, 6.07) is 8.79. The van der Waals surface area contributed by atoms with E-state index in [0.29, 0.717) is 24.4 Å². The Morgan fingerprint density at radius 3 is 2.67 bits per heavy atom. The molecule has 0 radical (unpaired) electrons. The molecule has 0 saturated carbocycles. The molecule has 2 heterocycles. The van der Waals surface area contributed by atoms with Gasteiger partial charge in [-0.05, 0) is 51.0 Å². The van der Waals surface area contributed by atoms with E-state index < -0.39 is 11.8 Å². The molecule has 0 bridgehead atoms. The Balaban J connectivity index is 1.60. The van der Waals surface area contributed by atoms with E-state index >= 15 is 0 Å². The Hall–Kier alpha value is -3.09. The SMILES string of the molecule is Cc1cc(CNC(=O)C(=O)Nc2cccc(N3CCCCC3=O)c2)c(C)o1. The van der Waals surface area contributed by atoms with Gasteiger partial charge in [-0.15, -0.1) is 0 Å². The van der Waals surface area contributed by atoms with E-state index in [-0.39, 0.29) is 12.5 Å². The Morgan fingerprint density at radius 1 is 1.15 bits per heavy atom. The minimum absolute atomic E-state index is 0.0771. The van der Waals surface area contributed by atoms with Crippen LogP contribution in [0, 0.1) is 13.8 Å². The van der Waals surface area contributed by atoms with Gasteiger partial charge in [-0.25, -0.2) is 0 Å². The molecule has 1 aliphatic rings. The van der Waals surface area contributed by atoms with Gasteiger partial charge in [0, 0.05) is 36.4 Å². The van der Waals surface area contributed by atoms with E-state index in [1.807, 2.05) is 26.0 Å². The summed E-state index contributed by atoms with van der Waals surface area (Å²) in [6.45, 7) is 4.52. The summed E-state index contributed by atoms with van der Waals surface area (Å²) in [5.41, 5.74) is 2.03. The standard InChI is InChI=1S/C20H23N3O4/c1-13-10-15(14(2)27-13)12-21-19(25)20(26)22-16-6-5-7-17(11-16)23-9-4-3-8-18(23)24/h5-7,10-11H,3-4,8-9,12H2,1-2H3,(H,21,25)(H,22,26). The summed E-state index contributed by atoms with van der Waals surface area (Å²) in [5.74, 6) is 0.0633. The third-order valence-corrected chi connectivity index (χ3v) is 4.53. The van der Waals surface area contributed by atoms with Crippen molar-refractivity contribution in [1.82, 2.24) is 5.32 Å². The summed E-state index contributed by atoms with van der Waals surface area (Å²) >= 11 is 0. The number of nitrogens with one attached hydrogen (secondary N) is 2. The first-order chi connectivity index (χ1) is 12.9. The molecule has 27 heavy (non-hydrogen) atoms. The van der Waals surface area contributed by atoms with Crippen LogP contribution < -0.4 is 15.5 Å². The monoisotopic (exact) mass is 369 g/mol. The van der Waals surface area contributed by atoms with Crippen molar-refractivity contribution in [3.05, 3.63) is 47.4 Å². The van der Waals surface area contributed by atoms with Gasteiger partial charge in [-0.3, -0.25) is 14.4 Å². The molecule has 142 valence electrons. The number of carbonyl (C=O) groups excluding carboxylic acids is 3. The predicted octanol–water partition coefficient (Wildman–Crippen LogP) is 2.67.